The molecule has 0 amide bonds. The molecular formula is C12H24N2. The van der Waals surface area contributed by atoms with Crippen LogP contribution in [0.25, 0.3) is 0 Å². The predicted octanol–water partition coefficient (Wildman–Crippen LogP) is 1.86. The minimum atomic E-state index is 0.755. The van der Waals surface area contributed by atoms with E-state index < -0.39 is 0 Å². The van der Waals surface area contributed by atoms with Crippen molar-refractivity contribution in [1.29, 1.82) is 0 Å². The van der Waals surface area contributed by atoms with E-state index in [0.29, 0.717) is 0 Å². The normalized spacial score (nSPS) is 31.1. The van der Waals surface area contributed by atoms with E-state index in [2.05, 4.69) is 17.1 Å². The first-order chi connectivity index (χ1) is 6.88. The number of piperazine rings is 1. The average Bonchev–Trinajstić information content (AvgIpc) is 2.71. The van der Waals surface area contributed by atoms with Crippen LogP contribution in [-0.4, -0.2) is 37.1 Å². The summed E-state index contributed by atoms with van der Waals surface area (Å²) in [6.07, 6.45) is 7.21. The summed E-state index contributed by atoms with van der Waals surface area (Å²) in [5, 5.41) is 3.58. The molecule has 0 spiro atoms. The zero-order chi connectivity index (χ0) is 9.80. The fourth-order valence-corrected chi connectivity index (χ4v) is 2.89. The van der Waals surface area contributed by atoms with Gasteiger partial charge < -0.3 is 10.2 Å². The Morgan fingerprint density at radius 1 is 1.29 bits per heavy atom. The average molecular weight is 196 g/mol. The lowest BCUT2D eigenvalue weighted by molar-refractivity contribution is 0.171. The highest BCUT2D eigenvalue weighted by molar-refractivity contribution is 4.80. The summed E-state index contributed by atoms with van der Waals surface area (Å²) < 4.78 is 0. The van der Waals surface area contributed by atoms with Gasteiger partial charge in [-0.15, -0.1) is 0 Å². The van der Waals surface area contributed by atoms with Crippen molar-refractivity contribution in [2.45, 2.75) is 45.1 Å². The van der Waals surface area contributed by atoms with Crippen LogP contribution < -0.4 is 5.32 Å². The Balaban J connectivity index is 1.73. The maximum atomic E-state index is 3.58. The molecule has 0 bridgehead atoms. The van der Waals surface area contributed by atoms with Crippen LogP contribution in [0.5, 0.6) is 0 Å². The molecule has 2 aliphatic rings. The van der Waals surface area contributed by atoms with Gasteiger partial charge in [0.2, 0.25) is 0 Å². The van der Waals surface area contributed by atoms with E-state index in [4.69, 9.17) is 0 Å². The number of nitrogens with one attached hydrogen (secondary N) is 1. The maximum absolute atomic E-state index is 3.58. The van der Waals surface area contributed by atoms with Gasteiger partial charge >= 0.3 is 0 Å². The van der Waals surface area contributed by atoms with Crippen molar-refractivity contribution in [2.24, 2.45) is 5.92 Å². The van der Waals surface area contributed by atoms with E-state index in [1.807, 2.05) is 0 Å². The number of hydrogen-bond acceptors (Lipinski definition) is 2. The van der Waals surface area contributed by atoms with Crippen LogP contribution in [0, 0.1) is 5.92 Å². The molecule has 2 rings (SSSR count). The van der Waals surface area contributed by atoms with Crippen LogP contribution in [-0.2, 0) is 0 Å². The summed E-state index contributed by atoms with van der Waals surface area (Å²) >= 11 is 0. The van der Waals surface area contributed by atoms with E-state index in [0.717, 1.165) is 12.0 Å². The molecule has 2 fully saturated rings. The fourth-order valence-electron chi connectivity index (χ4n) is 2.89. The molecule has 1 atom stereocenters. The second kappa shape index (κ2) is 5.13. The highest BCUT2D eigenvalue weighted by atomic mass is 15.2. The molecule has 1 saturated carbocycles. The van der Waals surface area contributed by atoms with Gasteiger partial charge in [-0.25, -0.2) is 0 Å². The third kappa shape index (κ3) is 2.71. The van der Waals surface area contributed by atoms with E-state index in [9.17, 15) is 0 Å². The van der Waals surface area contributed by atoms with Gasteiger partial charge in [0.05, 0.1) is 0 Å². The maximum Gasteiger partial charge on any atom is 0.0192 e. The zero-order valence-electron chi connectivity index (χ0n) is 9.47. The van der Waals surface area contributed by atoms with Crippen LogP contribution in [0.3, 0.4) is 0 Å². The van der Waals surface area contributed by atoms with Crippen molar-refractivity contribution in [1.82, 2.24) is 10.2 Å². The van der Waals surface area contributed by atoms with Crippen LogP contribution in [0.2, 0.25) is 0 Å². The number of hydrogen-bond donors (Lipinski definition) is 1. The van der Waals surface area contributed by atoms with Gasteiger partial charge in [-0.2, -0.15) is 0 Å². The first kappa shape index (κ1) is 10.4. The second-order valence-corrected chi connectivity index (χ2v) is 4.97. The molecule has 1 heterocycles. The largest absolute Gasteiger partial charge is 0.311 e. The molecule has 82 valence electrons. The van der Waals surface area contributed by atoms with Crippen LogP contribution in [0.4, 0.5) is 0 Å². The van der Waals surface area contributed by atoms with E-state index in [1.54, 1.807) is 0 Å². The monoisotopic (exact) mass is 196 g/mol. The number of nitrogens with zero attached hydrogens (tertiary/aromatic N) is 1. The molecule has 1 unspecified atom stereocenters. The summed E-state index contributed by atoms with van der Waals surface area (Å²) in [5.41, 5.74) is 0. The summed E-state index contributed by atoms with van der Waals surface area (Å²) in [6, 6.07) is 0.755. The molecule has 1 N–H and O–H groups in total. The van der Waals surface area contributed by atoms with E-state index in [1.165, 1.54) is 58.3 Å². The first-order valence-corrected chi connectivity index (χ1v) is 6.34. The summed E-state index contributed by atoms with van der Waals surface area (Å²) in [7, 11) is 0. The van der Waals surface area contributed by atoms with Crippen molar-refractivity contribution in [2.75, 3.05) is 26.2 Å². The molecule has 1 aliphatic heterocycles. The molecule has 1 aliphatic carbocycles. The van der Waals surface area contributed by atoms with Gasteiger partial charge in [0.25, 0.3) is 0 Å². The molecule has 2 nitrogen and oxygen atoms in total. The topological polar surface area (TPSA) is 15.3 Å². The Hall–Kier alpha value is -0.0800. The molecule has 0 radical (unpaired) electrons. The van der Waals surface area contributed by atoms with E-state index in [-0.39, 0.29) is 0 Å². The summed E-state index contributed by atoms with van der Waals surface area (Å²) in [4.78, 5) is 2.68. The smallest absolute Gasteiger partial charge is 0.0192 e. The highest BCUT2D eigenvalue weighted by Gasteiger charge is 2.22. The number of rotatable bonds is 3. The Labute approximate surface area is 88.1 Å². The van der Waals surface area contributed by atoms with Crippen molar-refractivity contribution in [3.05, 3.63) is 0 Å². The third-order valence-electron chi connectivity index (χ3n) is 3.82. The van der Waals surface area contributed by atoms with Crippen molar-refractivity contribution >= 4 is 0 Å². The van der Waals surface area contributed by atoms with E-state index >= 15 is 0 Å². The molecule has 1 saturated heterocycles. The lowest BCUT2D eigenvalue weighted by Gasteiger charge is -2.34. The minimum Gasteiger partial charge on any atom is -0.311 e. The van der Waals surface area contributed by atoms with Crippen molar-refractivity contribution in [3.8, 4) is 0 Å². The van der Waals surface area contributed by atoms with Crippen LogP contribution in [0.15, 0.2) is 0 Å². The Bertz CT molecular complexity index is 164. The molecule has 2 heteroatoms. The molecule has 0 aromatic heterocycles. The van der Waals surface area contributed by atoms with Crippen molar-refractivity contribution in [3.63, 3.8) is 0 Å². The zero-order valence-corrected chi connectivity index (χ0v) is 9.47. The molecule has 0 aromatic carbocycles. The lowest BCUT2D eigenvalue weighted by Crippen LogP contribution is -2.51. The molecule has 0 aromatic rings. The summed E-state index contributed by atoms with van der Waals surface area (Å²) in [5.74, 6) is 1.02. The first-order valence-electron chi connectivity index (χ1n) is 6.34. The SMILES string of the molecule is CCC1CN(CC2CCCC2)CCN1. The van der Waals surface area contributed by atoms with Crippen LogP contribution in [0.1, 0.15) is 39.0 Å². The van der Waals surface area contributed by atoms with Crippen LogP contribution >= 0.6 is 0 Å². The van der Waals surface area contributed by atoms with Gasteiger partial charge in [-0.05, 0) is 25.2 Å². The Morgan fingerprint density at radius 2 is 2.07 bits per heavy atom. The minimum absolute atomic E-state index is 0.755. The standard InChI is InChI=1S/C12H24N2/c1-2-12-10-14(8-7-13-12)9-11-5-3-4-6-11/h11-13H,2-10H2,1H3. The molecule has 14 heavy (non-hydrogen) atoms. The van der Waals surface area contributed by atoms with Gasteiger partial charge in [0.15, 0.2) is 0 Å². The highest BCUT2D eigenvalue weighted by Crippen LogP contribution is 2.25. The lowest BCUT2D eigenvalue weighted by atomic mass is 10.1. The van der Waals surface area contributed by atoms with Gasteiger partial charge in [0.1, 0.15) is 0 Å². The van der Waals surface area contributed by atoms with Gasteiger partial charge in [-0.1, -0.05) is 19.8 Å². The third-order valence-corrected chi connectivity index (χ3v) is 3.82. The Morgan fingerprint density at radius 3 is 2.79 bits per heavy atom. The fraction of sp³-hybridized carbons (Fsp3) is 1.00. The quantitative estimate of drug-likeness (QED) is 0.741. The molecular weight excluding hydrogens is 172 g/mol. The van der Waals surface area contributed by atoms with Gasteiger partial charge in [0, 0.05) is 32.2 Å². The summed E-state index contributed by atoms with van der Waals surface area (Å²) in [6.45, 7) is 7.42. The van der Waals surface area contributed by atoms with Gasteiger partial charge in [-0.3, -0.25) is 0 Å². The predicted molar refractivity (Wildman–Crippen MR) is 60.5 cm³/mol. The Kier molecular flexibility index (Phi) is 3.82. The second-order valence-electron chi connectivity index (χ2n) is 4.97. The van der Waals surface area contributed by atoms with Crippen molar-refractivity contribution < 1.29 is 0 Å².